The second-order valence-electron chi connectivity index (χ2n) is 9.13. The lowest BCUT2D eigenvalue weighted by Gasteiger charge is -2.33. The number of carbonyl (C=O) groups excluding carboxylic acids is 1. The van der Waals surface area contributed by atoms with Gasteiger partial charge in [-0.15, -0.1) is 0 Å². The van der Waals surface area contributed by atoms with E-state index in [1.807, 2.05) is 19.9 Å². The molecule has 0 aliphatic carbocycles. The van der Waals surface area contributed by atoms with E-state index in [2.05, 4.69) is 30.7 Å². The Morgan fingerprint density at radius 3 is 2.58 bits per heavy atom. The fourth-order valence-corrected chi connectivity index (χ4v) is 4.41. The Balaban J connectivity index is 1.87. The van der Waals surface area contributed by atoms with Crippen LogP contribution in [-0.4, -0.2) is 61.0 Å². The molecule has 1 aliphatic heterocycles. The van der Waals surface area contributed by atoms with Gasteiger partial charge in [0, 0.05) is 24.9 Å². The Bertz CT molecular complexity index is 963. The number of aryl methyl sites for hydroxylation is 1. The van der Waals surface area contributed by atoms with Gasteiger partial charge in [0.15, 0.2) is 0 Å². The minimum atomic E-state index is -0.489. The maximum absolute atomic E-state index is 12.2. The van der Waals surface area contributed by atoms with E-state index in [0.717, 1.165) is 18.5 Å². The first-order valence-corrected chi connectivity index (χ1v) is 11.6. The first-order chi connectivity index (χ1) is 15.7. The van der Waals surface area contributed by atoms with Crippen LogP contribution in [-0.2, 0) is 9.47 Å². The lowest BCUT2D eigenvalue weighted by molar-refractivity contribution is 0.0404. The maximum Gasteiger partial charge on any atom is 0.252 e. The van der Waals surface area contributed by atoms with Gasteiger partial charge in [-0.2, -0.15) is 0 Å². The van der Waals surface area contributed by atoms with Gasteiger partial charge in [0.2, 0.25) is 0 Å². The SMILES string of the molecule is CCOCCOCCOc1c(C)ccnc1-c1ccc(C(N)=O)c(N2C[C@@H](C)CC2(C)C)n1. The Kier molecular flexibility index (Phi) is 8.26. The number of hydrogen-bond donors (Lipinski definition) is 1. The van der Waals surface area contributed by atoms with E-state index in [9.17, 15) is 4.79 Å². The summed E-state index contributed by atoms with van der Waals surface area (Å²) in [6.07, 6.45) is 2.75. The number of aromatic nitrogens is 2. The number of rotatable bonds is 11. The molecule has 0 radical (unpaired) electrons. The molecule has 3 rings (SSSR count). The fourth-order valence-electron chi connectivity index (χ4n) is 4.41. The molecule has 0 spiro atoms. The first kappa shape index (κ1) is 24.9. The molecule has 0 unspecified atom stereocenters. The quantitative estimate of drug-likeness (QED) is 0.516. The van der Waals surface area contributed by atoms with Gasteiger partial charge < -0.3 is 24.8 Å². The topological polar surface area (TPSA) is 99.8 Å². The molecule has 0 aromatic carbocycles. The third-order valence-electron chi connectivity index (χ3n) is 5.86. The Labute approximate surface area is 196 Å². The third-order valence-corrected chi connectivity index (χ3v) is 5.86. The number of pyridine rings is 2. The normalized spacial score (nSPS) is 17.4. The number of carbonyl (C=O) groups is 1. The van der Waals surface area contributed by atoms with Crippen LogP contribution in [0.5, 0.6) is 5.75 Å². The molecular weight excluding hydrogens is 420 g/mol. The van der Waals surface area contributed by atoms with Crippen molar-refractivity contribution in [1.29, 1.82) is 0 Å². The molecule has 8 heteroatoms. The number of ether oxygens (including phenoxy) is 3. The molecule has 2 aromatic rings. The fraction of sp³-hybridized carbons (Fsp3) is 0.560. The van der Waals surface area contributed by atoms with Gasteiger partial charge in [-0.25, -0.2) is 4.98 Å². The maximum atomic E-state index is 12.2. The highest BCUT2D eigenvalue weighted by molar-refractivity contribution is 5.98. The van der Waals surface area contributed by atoms with Crippen molar-refractivity contribution in [2.24, 2.45) is 11.7 Å². The zero-order valence-electron chi connectivity index (χ0n) is 20.4. The number of nitrogens with two attached hydrogens (primary N) is 1. The van der Waals surface area contributed by atoms with Gasteiger partial charge in [-0.05, 0) is 63.8 Å². The summed E-state index contributed by atoms with van der Waals surface area (Å²) in [5, 5.41) is 0. The molecule has 0 saturated carbocycles. The van der Waals surface area contributed by atoms with Crippen molar-refractivity contribution < 1.29 is 19.0 Å². The average molecular weight is 457 g/mol. The Hall–Kier alpha value is -2.71. The summed E-state index contributed by atoms with van der Waals surface area (Å²) in [4.78, 5) is 23.8. The van der Waals surface area contributed by atoms with Crippen LogP contribution in [0.15, 0.2) is 24.4 Å². The van der Waals surface area contributed by atoms with Crippen LogP contribution < -0.4 is 15.4 Å². The van der Waals surface area contributed by atoms with Gasteiger partial charge in [-0.3, -0.25) is 9.78 Å². The number of amides is 1. The minimum absolute atomic E-state index is 0.132. The van der Waals surface area contributed by atoms with Crippen molar-refractivity contribution in [3.8, 4) is 17.1 Å². The number of anilines is 1. The third kappa shape index (κ3) is 6.00. The Morgan fingerprint density at radius 1 is 1.18 bits per heavy atom. The summed E-state index contributed by atoms with van der Waals surface area (Å²) in [5.74, 6) is 1.26. The second kappa shape index (κ2) is 10.9. The summed E-state index contributed by atoms with van der Waals surface area (Å²) in [6, 6.07) is 5.42. The molecule has 3 heterocycles. The number of primary amides is 1. The van der Waals surface area contributed by atoms with Crippen molar-refractivity contribution in [2.45, 2.75) is 46.6 Å². The predicted molar refractivity (Wildman–Crippen MR) is 129 cm³/mol. The van der Waals surface area contributed by atoms with E-state index in [-0.39, 0.29) is 5.54 Å². The van der Waals surface area contributed by atoms with Gasteiger partial charge in [0.25, 0.3) is 5.91 Å². The molecule has 8 nitrogen and oxygen atoms in total. The van der Waals surface area contributed by atoms with Crippen molar-refractivity contribution in [3.05, 3.63) is 35.5 Å². The van der Waals surface area contributed by atoms with Crippen LogP contribution in [0.3, 0.4) is 0 Å². The summed E-state index contributed by atoms with van der Waals surface area (Å²) >= 11 is 0. The molecule has 2 aromatic heterocycles. The zero-order valence-corrected chi connectivity index (χ0v) is 20.4. The standard InChI is InChI=1S/C25H36N4O4/c1-6-31-11-12-32-13-14-33-22-18(3)9-10-27-21(22)20-8-7-19(23(26)30)24(28-20)29-16-17(2)15-25(29,4)5/h7-10,17H,6,11-16H2,1-5H3,(H2,26,30)/t17-/m0/s1. The molecule has 1 aliphatic rings. The second-order valence-corrected chi connectivity index (χ2v) is 9.13. The molecule has 180 valence electrons. The van der Waals surface area contributed by atoms with Crippen LogP contribution in [0.25, 0.3) is 11.4 Å². The van der Waals surface area contributed by atoms with E-state index in [1.165, 1.54) is 0 Å². The predicted octanol–water partition coefficient (Wildman–Crippen LogP) is 3.61. The van der Waals surface area contributed by atoms with Gasteiger partial charge >= 0.3 is 0 Å². The number of nitrogens with zero attached hydrogens (tertiary/aromatic N) is 3. The van der Waals surface area contributed by atoms with Crippen LogP contribution in [0.2, 0.25) is 0 Å². The molecule has 0 bridgehead atoms. The monoisotopic (exact) mass is 456 g/mol. The molecule has 1 atom stereocenters. The van der Waals surface area contributed by atoms with Crippen LogP contribution in [0.1, 0.15) is 50.0 Å². The van der Waals surface area contributed by atoms with E-state index < -0.39 is 5.91 Å². The first-order valence-electron chi connectivity index (χ1n) is 11.6. The van der Waals surface area contributed by atoms with Crippen molar-refractivity contribution in [3.63, 3.8) is 0 Å². The van der Waals surface area contributed by atoms with Crippen LogP contribution in [0.4, 0.5) is 5.82 Å². The molecule has 1 fully saturated rings. The van der Waals surface area contributed by atoms with Crippen molar-refractivity contribution in [2.75, 3.05) is 44.5 Å². The van der Waals surface area contributed by atoms with Gasteiger partial charge in [0.05, 0.1) is 31.1 Å². The Morgan fingerprint density at radius 2 is 1.91 bits per heavy atom. The van der Waals surface area contributed by atoms with Crippen LogP contribution in [0, 0.1) is 12.8 Å². The smallest absolute Gasteiger partial charge is 0.252 e. The largest absolute Gasteiger partial charge is 0.489 e. The highest BCUT2D eigenvalue weighted by Gasteiger charge is 2.38. The minimum Gasteiger partial charge on any atom is -0.489 e. The highest BCUT2D eigenvalue weighted by Crippen LogP contribution is 2.39. The van der Waals surface area contributed by atoms with E-state index in [1.54, 1.807) is 18.3 Å². The highest BCUT2D eigenvalue weighted by atomic mass is 16.5. The van der Waals surface area contributed by atoms with E-state index in [0.29, 0.717) is 67.5 Å². The number of hydrogen-bond acceptors (Lipinski definition) is 7. The van der Waals surface area contributed by atoms with Crippen LogP contribution >= 0.6 is 0 Å². The van der Waals surface area contributed by atoms with Crippen molar-refractivity contribution in [1.82, 2.24) is 9.97 Å². The molecule has 33 heavy (non-hydrogen) atoms. The summed E-state index contributed by atoms with van der Waals surface area (Å²) in [6.45, 7) is 13.9. The zero-order chi connectivity index (χ0) is 24.0. The van der Waals surface area contributed by atoms with Gasteiger partial charge in [-0.1, -0.05) is 6.92 Å². The molecule has 2 N–H and O–H groups in total. The van der Waals surface area contributed by atoms with Gasteiger partial charge in [0.1, 0.15) is 23.9 Å². The van der Waals surface area contributed by atoms with E-state index >= 15 is 0 Å². The molecule has 1 saturated heterocycles. The van der Waals surface area contributed by atoms with E-state index in [4.69, 9.17) is 24.9 Å². The summed E-state index contributed by atoms with van der Waals surface area (Å²) < 4.78 is 16.9. The molecule has 1 amide bonds. The lowest BCUT2D eigenvalue weighted by atomic mass is 9.97. The summed E-state index contributed by atoms with van der Waals surface area (Å²) in [5.41, 5.74) is 8.21. The van der Waals surface area contributed by atoms with Crippen molar-refractivity contribution >= 4 is 11.7 Å². The molecular formula is C25H36N4O4. The summed E-state index contributed by atoms with van der Waals surface area (Å²) in [7, 11) is 0. The average Bonchev–Trinajstić information content (AvgIpc) is 3.05. The lowest BCUT2D eigenvalue weighted by Crippen LogP contribution is -2.40.